The van der Waals surface area contributed by atoms with Gasteiger partial charge in [-0.3, -0.25) is 10.2 Å². The number of aliphatic carboxylic acids is 2. The molecule has 13 heteroatoms. The average Bonchev–Trinajstić information content (AvgIpc) is 2.92. The minimum Gasteiger partial charge on any atom is -0.481 e. The van der Waals surface area contributed by atoms with Crippen LogP contribution in [0.1, 0.15) is 40.5 Å². The number of nitrogens with one attached hydrogen (secondary N) is 1. The van der Waals surface area contributed by atoms with Gasteiger partial charge in [0, 0.05) is 36.8 Å². The van der Waals surface area contributed by atoms with E-state index in [1.54, 1.807) is 11.8 Å². The summed E-state index contributed by atoms with van der Waals surface area (Å²) in [6.45, 7) is 13.5. The topological polar surface area (TPSA) is 158 Å². The third-order valence-corrected chi connectivity index (χ3v) is 7.49. The molecule has 1 aromatic rings. The molecular formula is C27H45N5O7S. The van der Waals surface area contributed by atoms with Crippen LogP contribution in [0.25, 0.3) is 0 Å². The molecule has 0 aliphatic rings. The van der Waals surface area contributed by atoms with Gasteiger partial charge in [-0.25, -0.2) is 9.59 Å². The van der Waals surface area contributed by atoms with E-state index in [0.29, 0.717) is 31.9 Å². The molecule has 0 saturated heterocycles. The summed E-state index contributed by atoms with van der Waals surface area (Å²) >= 11 is 1.64. The zero-order valence-corrected chi connectivity index (χ0v) is 24.9. The van der Waals surface area contributed by atoms with Crippen molar-refractivity contribution in [2.24, 2.45) is 0 Å². The van der Waals surface area contributed by atoms with Crippen LogP contribution in [0.4, 0.5) is 0 Å². The smallest absolute Gasteiger partial charge is 0.336 e. The van der Waals surface area contributed by atoms with Crippen LogP contribution < -0.4 is 0 Å². The number of guanidine groups is 1. The quantitative estimate of drug-likeness (QED) is 0.0815. The second-order valence-corrected chi connectivity index (χ2v) is 10.3. The number of carboxylic acid groups (broad SMARTS) is 2. The Labute approximate surface area is 241 Å². The fourth-order valence-corrected chi connectivity index (χ4v) is 4.80. The summed E-state index contributed by atoms with van der Waals surface area (Å²) < 4.78 is 0. The van der Waals surface area contributed by atoms with Gasteiger partial charge in [0.1, 0.15) is 0 Å². The molecule has 0 radical (unpaired) electrons. The third-order valence-electron chi connectivity index (χ3n) is 6.49. The number of nitrogens with zero attached hydrogens (tertiary/aromatic N) is 4. The van der Waals surface area contributed by atoms with Crippen molar-refractivity contribution in [3.05, 3.63) is 30.3 Å². The number of carbonyl (C=O) groups excluding carboxylic acids is 1. The number of hydrogen-bond acceptors (Lipinski definition) is 9. The molecule has 0 saturated carbocycles. The van der Waals surface area contributed by atoms with Crippen molar-refractivity contribution in [1.29, 1.82) is 5.41 Å². The molecule has 0 heterocycles. The lowest BCUT2D eigenvalue weighted by Crippen LogP contribution is -2.51. The highest BCUT2D eigenvalue weighted by Gasteiger charge is 2.42. The predicted octanol–water partition coefficient (Wildman–Crippen LogP) is 2.14. The van der Waals surface area contributed by atoms with E-state index in [1.807, 2.05) is 49.1 Å². The van der Waals surface area contributed by atoms with E-state index < -0.39 is 36.4 Å². The Bertz CT molecular complexity index is 931. The second-order valence-electron chi connectivity index (χ2n) is 9.18. The van der Waals surface area contributed by atoms with Gasteiger partial charge in [-0.05, 0) is 38.3 Å². The molecule has 40 heavy (non-hydrogen) atoms. The molecule has 1 aromatic carbocycles. The summed E-state index contributed by atoms with van der Waals surface area (Å²) in [5.41, 5.74) is -2.83. The fraction of sp³-hybridized carbons (Fsp3) is 0.630. The van der Waals surface area contributed by atoms with Crippen LogP contribution >= 0.6 is 11.8 Å². The monoisotopic (exact) mass is 583 g/mol. The normalized spacial score (nSPS) is 12.7. The molecule has 12 nitrogen and oxygen atoms in total. The highest BCUT2D eigenvalue weighted by molar-refractivity contribution is 7.99. The van der Waals surface area contributed by atoms with Crippen LogP contribution in [0.2, 0.25) is 0 Å². The Morgan fingerprint density at radius 3 is 1.90 bits per heavy atom. The fourth-order valence-electron chi connectivity index (χ4n) is 3.90. The number of hydroxylamine groups is 2. The van der Waals surface area contributed by atoms with Gasteiger partial charge >= 0.3 is 17.9 Å². The van der Waals surface area contributed by atoms with Gasteiger partial charge in [0.05, 0.1) is 19.4 Å². The zero-order chi connectivity index (χ0) is 30.1. The van der Waals surface area contributed by atoms with E-state index in [9.17, 15) is 24.6 Å². The van der Waals surface area contributed by atoms with E-state index >= 15 is 0 Å². The Balaban J connectivity index is 3.14. The maximum Gasteiger partial charge on any atom is 0.336 e. The molecule has 226 valence electrons. The highest BCUT2D eigenvalue weighted by Crippen LogP contribution is 2.19. The minimum absolute atomic E-state index is 0.0709. The molecule has 0 amide bonds. The molecule has 0 aliphatic heterocycles. The first-order valence-electron chi connectivity index (χ1n) is 13.6. The summed E-state index contributed by atoms with van der Waals surface area (Å²) in [5, 5.41) is 38.8. The Morgan fingerprint density at radius 2 is 1.40 bits per heavy atom. The molecular weight excluding hydrogens is 538 g/mol. The highest BCUT2D eigenvalue weighted by atomic mass is 32.2. The van der Waals surface area contributed by atoms with Gasteiger partial charge in [0.2, 0.25) is 5.96 Å². The van der Waals surface area contributed by atoms with Gasteiger partial charge in [-0.2, -0.15) is 5.06 Å². The summed E-state index contributed by atoms with van der Waals surface area (Å²) in [7, 11) is 0. The van der Waals surface area contributed by atoms with Gasteiger partial charge in [0.15, 0.2) is 5.60 Å². The van der Waals surface area contributed by atoms with Crippen LogP contribution in [0.5, 0.6) is 0 Å². The Kier molecular flexibility index (Phi) is 16.2. The number of aliphatic hydroxyl groups is 1. The number of carboxylic acids is 2. The van der Waals surface area contributed by atoms with Crippen LogP contribution in [-0.2, 0) is 19.2 Å². The largest absolute Gasteiger partial charge is 0.481 e. The van der Waals surface area contributed by atoms with Crippen molar-refractivity contribution in [3.63, 3.8) is 0 Å². The van der Waals surface area contributed by atoms with Crippen molar-refractivity contribution in [3.8, 4) is 0 Å². The molecule has 0 spiro atoms. The maximum atomic E-state index is 12.8. The van der Waals surface area contributed by atoms with E-state index in [0.717, 1.165) is 36.1 Å². The lowest BCUT2D eigenvalue weighted by atomic mass is 9.96. The van der Waals surface area contributed by atoms with Crippen LogP contribution in [0.15, 0.2) is 35.2 Å². The van der Waals surface area contributed by atoms with Crippen molar-refractivity contribution in [2.45, 2.75) is 51.0 Å². The number of benzene rings is 1. The number of carbonyl (C=O) groups is 3. The standard InChI is InChI=1S/C27H45N5O7S/c1-5-29(6-2)14-16-31(18-19-40-22-12-10-9-11-13-22)26(28)32(17-15-30(7-3)8-4)39-24(35)21-27(38,25(36)37)20-23(33)34/h9-13,28,38H,5-8,14-21H2,1-4H3,(H,33,34)(H,36,37). The zero-order valence-electron chi connectivity index (χ0n) is 24.0. The molecule has 0 aliphatic carbocycles. The van der Waals surface area contributed by atoms with Gasteiger partial charge in [-0.1, -0.05) is 45.9 Å². The first kappa shape index (κ1) is 35.2. The molecule has 4 N–H and O–H groups in total. The van der Waals surface area contributed by atoms with Gasteiger partial charge < -0.3 is 34.9 Å². The molecule has 1 atom stereocenters. The predicted molar refractivity (Wildman–Crippen MR) is 154 cm³/mol. The maximum absolute atomic E-state index is 12.8. The van der Waals surface area contributed by atoms with Crippen molar-refractivity contribution in [1.82, 2.24) is 19.8 Å². The summed E-state index contributed by atoms with van der Waals surface area (Å²) in [5.74, 6) is -3.95. The van der Waals surface area contributed by atoms with Crippen molar-refractivity contribution >= 4 is 35.6 Å². The van der Waals surface area contributed by atoms with E-state index in [-0.39, 0.29) is 12.5 Å². The SMILES string of the molecule is CCN(CC)CCN(CCSc1ccccc1)C(=N)N(CCN(CC)CC)OC(=O)CC(O)(CC(=O)O)C(=O)O. The van der Waals surface area contributed by atoms with Crippen LogP contribution in [0.3, 0.4) is 0 Å². The van der Waals surface area contributed by atoms with Crippen molar-refractivity contribution < 1.29 is 34.5 Å². The summed E-state index contributed by atoms with van der Waals surface area (Å²) in [6, 6.07) is 9.88. The molecule has 1 unspecified atom stereocenters. The minimum atomic E-state index is -2.83. The number of likely N-dealkylation sites (N-methyl/N-ethyl adjacent to an activating group) is 2. The molecule has 0 fully saturated rings. The number of rotatable bonds is 19. The lowest BCUT2D eigenvalue weighted by molar-refractivity contribution is -0.187. The average molecular weight is 584 g/mol. The van der Waals surface area contributed by atoms with Gasteiger partial charge in [-0.15, -0.1) is 11.8 Å². The lowest BCUT2D eigenvalue weighted by Gasteiger charge is -2.34. The molecule has 0 aromatic heterocycles. The second kappa shape index (κ2) is 18.5. The third kappa shape index (κ3) is 12.5. The van der Waals surface area contributed by atoms with Crippen LogP contribution in [-0.4, -0.2) is 129 Å². The summed E-state index contributed by atoms with van der Waals surface area (Å²) in [6.07, 6.45) is -2.24. The molecule has 0 bridgehead atoms. The Hall–Kier alpha value is -2.87. The summed E-state index contributed by atoms with van der Waals surface area (Å²) in [4.78, 5) is 48.1. The first-order chi connectivity index (χ1) is 19.0. The molecule has 1 rings (SSSR count). The first-order valence-corrected chi connectivity index (χ1v) is 14.6. The van der Waals surface area contributed by atoms with E-state index in [1.165, 1.54) is 0 Å². The van der Waals surface area contributed by atoms with E-state index in [2.05, 4.69) is 23.6 Å². The van der Waals surface area contributed by atoms with Crippen molar-refractivity contribution in [2.75, 3.05) is 64.7 Å². The number of thioether (sulfide) groups is 1. The Morgan fingerprint density at radius 1 is 0.850 bits per heavy atom. The van der Waals surface area contributed by atoms with Crippen LogP contribution in [0, 0.1) is 5.41 Å². The number of hydrogen-bond donors (Lipinski definition) is 4. The van der Waals surface area contributed by atoms with Gasteiger partial charge in [0.25, 0.3) is 0 Å². The van der Waals surface area contributed by atoms with E-state index in [4.69, 9.17) is 15.4 Å².